The monoisotopic (exact) mass is 728 g/mol. The van der Waals surface area contributed by atoms with Crippen molar-refractivity contribution >= 4 is 44.3 Å². The van der Waals surface area contributed by atoms with Crippen LogP contribution in [-0.4, -0.2) is 72.6 Å². The Morgan fingerprint density at radius 2 is 1.61 bits per heavy atom. The van der Waals surface area contributed by atoms with Gasteiger partial charge in [-0.1, -0.05) is 73.3 Å². The van der Waals surface area contributed by atoms with E-state index in [-0.39, 0.29) is 17.4 Å². The number of hydrogen-bond donors (Lipinski definition) is 4. The van der Waals surface area contributed by atoms with Crippen molar-refractivity contribution in [2.45, 2.75) is 95.4 Å². The molecule has 0 bridgehead atoms. The van der Waals surface area contributed by atoms with E-state index < -0.39 is 45.2 Å². The Hall–Kier alpha value is -3.46. The molecular weight excluding hydrogens is 685 g/mol. The van der Waals surface area contributed by atoms with Gasteiger partial charge >= 0.3 is 12.1 Å². The standard InChI is InChI=1S/C32H43ClN4O4S.C2HF3O2/c1-4-37(29(38)27(35-30(39)31(2,3)34)15-11-14-23-12-7-5-8-13-23)22-26-28(24-16-18-25(33)19-17-24)42(40,41)36-32(26)20-9-6-10-21-32;3-2(4,5)1(6)7/h5,7-8,12-13,16-19,27,36H,4,6,9-11,14-15,20-22,34H2,1-3H3,(H,35,39);(H,6,7)/t27-;/m1./s1. The van der Waals surface area contributed by atoms with Crippen LogP contribution in [0.2, 0.25) is 5.02 Å². The number of nitrogens with zero attached hydrogens (tertiary/aromatic N) is 1. The second-order valence-electron chi connectivity index (χ2n) is 12.8. The number of carboxylic acid groups (broad SMARTS) is 1. The number of amides is 2. The van der Waals surface area contributed by atoms with Crippen molar-refractivity contribution < 1.29 is 41.1 Å². The molecule has 49 heavy (non-hydrogen) atoms. The average Bonchev–Trinajstić information content (AvgIpc) is 3.23. The highest BCUT2D eigenvalue weighted by molar-refractivity contribution is 7.99. The first-order chi connectivity index (χ1) is 22.8. The number of sulfonamides is 1. The zero-order valence-electron chi connectivity index (χ0n) is 27.8. The second-order valence-corrected chi connectivity index (χ2v) is 14.9. The van der Waals surface area contributed by atoms with E-state index in [0.29, 0.717) is 48.4 Å². The predicted octanol–water partition coefficient (Wildman–Crippen LogP) is 5.41. The molecule has 1 atom stereocenters. The number of rotatable bonds is 11. The van der Waals surface area contributed by atoms with E-state index in [4.69, 9.17) is 27.2 Å². The topological polar surface area (TPSA) is 159 Å². The van der Waals surface area contributed by atoms with Gasteiger partial charge in [-0.05, 0) is 81.7 Å². The summed E-state index contributed by atoms with van der Waals surface area (Å²) in [6, 6.07) is 16.0. The van der Waals surface area contributed by atoms with E-state index in [1.54, 1.807) is 43.0 Å². The summed E-state index contributed by atoms with van der Waals surface area (Å²) < 4.78 is 62.1. The summed E-state index contributed by atoms with van der Waals surface area (Å²) in [6.45, 7) is 5.58. The number of carbonyl (C=O) groups excluding carboxylic acids is 2. The fraction of sp³-hybridized carbons (Fsp3) is 0.500. The number of hydrogen-bond acceptors (Lipinski definition) is 6. The van der Waals surface area contributed by atoms with Crippen molar-refractivity contribution in [3.05, 3.63) is 76.3 Å². The number of aryl methyl sites for hydroxylation is 1. The van der Waals surface area contributed by atoms with Gasteiger partial charge in [-0.2, -0.15) is 13.2 Å². The number of carboxylic acids is 1. The molecule has 1 heterocycles. The number of halogens is 4. The van der Waals surface area contributed by atoms with Gasteiger partial charge in [0.15, 0.2) is 0 Å². The molecule has 2 aliphatic rings. The van der Waals surface area contributed by atoms with E-state index in [2.05, 4.69) is 10.0 Å². The van der Waals surface area contributed by atoms with Crippen LogP contribution < -0.4 is 15.8 Å². The predicted molar refractivity (Wildman–Crippen MR) is 182 cm³/mol. The first-order valence-electron chi connectivity index (χ1n) is 16.1. The molecule has 270 valence electrons. The number of nitrogens with one attached hydrogen (secondary N) is 2. The molecule has 2 aromatic rings. The molecule has 0 unspecified atom stereocenters. The van der Waals surface area contributed by atoms with Gasteiger partial charge in [0, 0.05) is 18.1 Å². The number of aliphatic carboxylic acids is 1. The lowest BCUT2D eigenvalue weighted by Gasteiger charge is -2.38. The third kappa shape index (κ3) is 10.8. The number of benzene rings is 2. The first kappa shape index (κ1) is 40.0. The molecule has 1 fully saturated rings. The molecule has 10 nitrogen and oxygen atoms in total. The Kier molecular flexibility index (Phi) is 13.5. The molecule has 0 aromatic heterocycles. The van der Waals surface area contributed by atoms with Gasteiger partial charge < -0.3 is 21.1 Å². The van der Waals surface area contributed by atoms with Crippen molar-refractivity contribution in [1.29, 1.82) is 0 Å². The van der Waals surface area contributed by atoms with Crippen LogP contribution in [0.25, 0.3) is 4.91 Å². The molecule has 1 saturated carbocycles. The van der Waals surface area contributed by atoms with E-state index in [1.807, 2.05) is 37.3 Å². The summed E-state index contributed by atoms with van der Waals surface area (Å²) in [5, 5.41) is 10.5. The van der Waals surface area contributed by atoms with Crippen LogP contribution in [0.5, 0.6) is 0 Å². The van der Waals surface area contributed by atoms with Gasteiger partial charge in [0.25, 0.3) is 0 Å². The van der Waals surface area contributed by atoms with Crippen LogP contribution in [0.4, 0.5) is 13.2 Å². The lowest BCUT2D eigenvalue weighted by Crippen LogP contribution is -2.57. The molecule has 1 aliphatic carbocycles. The minimum atomic E-state index is -5.08. The number of nitrogens with two attached hydrogens (primary N) is 1. The Balaban J connectivity index is 0.000000838. The van der Waals surface area contributed by atoms with Gasteiger partial charge in [0.2, 0.25) is 21.8 Å². The lowest BCUT2D eigenvalue weighted by molar-refractivity contribution is -0.192. The number of alkyl halides is 3. The van der Waals surface area contributed by atoms with Crippen molar-refractivity contribution in [2.24, 2.45) is 5.73 Å². The summed E-state index contributed by atoms with van der Waals surface area (Å²) in [7, 11) is -3.83. The molecule has 4 rings (SSSR count). The summed E-state index contributed by atoms with van der Waals surface area (Å²) >= 11 is 6.13. The Morgan fingerprint density at radius 3 is 2.12 bits per heavy atom. The Bertz CT molecular complexity index is 1600. The molecule has 1 spiro atoms. The Labute approximate surface area is 290 Å². The lowest BCUT2D eigenvalue weighted by atomic mass is 9.76. The second kappa shape index (κ2) is 16.5. The first-order valence-corrected chi connectivity index (χ1v) is 17.9. The normalized spacial score (nSPS) is 17.6. The SMILES string of the molecule is CCN(CC1=C(c2ccc(Cl)cc2)S(=O)(=O)NC12CCCCC2)C(=O)[C@@H](CCCc1ccccc1)NC(=O)C(C)(C)N.O=C(O)C(F)(F)F. The van der Waals surface area contributed by atoms with Crippen LogP contribution in [0.3, 0.4) is 0 Å². The van der Waals surface area contributed by atoms with Gasteiger partial charge in [-0.15, -0.1) is 0 Å². The van der Waals surface area contributed by atoms with E-state index in [1.165, 1.54) is 0 Å². The molecule has 0 radical (unpaired) electrons. The quantitative estimate of drug-likeness (QED) is 0.241. The molecule has 1 aliphatic heterocycles. The van der Waals surface area contributed by atoms with E-state index >= 15 is 0 Å². The number of likely N-dealkylation sites (N-methyl/N-ethyl adjacent to an activating group) is 1. The minimum absolute atomic E-state index is 0.136. The van der Waals surface area contributed by atoms with Crippen molar-refractivity contribution in [1.82, 2.24) is 14.9 Å². The maximum Gasteiger partial charge on any atom is 0.490 e. The van der Waals surface area contributed by atoms with Gasteiger partial charge in [0.1, 0.15) is 6.04 Å². The van der Waals surface area contributed by atoms with Gasteiger partial charge in [-0.3, -0.25) is 9.59 Å². The highest BCUT2D eigenvalue weighted by Crippen LogP contribution is 2.46. The molecule has 2 aromatic carbocycles. The molecule has 2 amide bonds. The Morgan fingerprint density at radius 1 is 1.04 bits per heavy atom. The van der Waals surface area contributed by atoms with Gasteiger partial charge in [-0.25, -0.2) is 17.9 Å². The zero-order chi connectivity index (χ0) is 36.6. The van der Waals surface area contributed by atoms with E-state index in [0.717, 1.165) is 31.2 Å². The average molecular weight is 729 g/mol. The highest BCUT2D eigenvalue weighted by atomic mass is 35.5. The van der Waals surface area contributed by atoms with Crippen molar-refractivity contribution in [3.8, 4) is 0 Å². The maximum absolute atomic E-state index is 14.1. The summed E-state index contributed by atoms with van der Waals surface area (Å²) in [6.07, 6.45) is 0.946. The van der Waals surface area contributed by atoms with E-state index in [9.17, 15) is 31.2 Å². The fourth-order valence-electron chi connectivity index (χ4n) is 5.98. The van der Waals surface area contributed by atoms with Crippen LogP contribution in [0.1, 0.15) is 76.8 Å². The van der Waals surface area contributed by atoms with Gasteiger partial charge in [0.05, 0.1) is 16.0 Å². The van der Waals surface area contributed by atoms with Crippen molar-refractivity contribution in [2.75, 3.05) is 13.1 Å². The van der Waals surface area contributed by atoms with Crippen LogP contribution >= 0.6 is 11.6 Å². The third-order valence-corrected chi connectivity index (χ3v) is 10.5. The highest BCUT2D eigenvalue weighted by Gasteiger charge is 2.50. The minimum Gasteiger partial charge on any atom is -0.475 e. The fourth-order valence-corrected chi connectivity index (χ4v) is 8.08. The zero-order valence-corrected chi connectivity index (χ0v) is 29.4. The maximum atomic E-state index is 14.1. The molecule has 0 saturated heterocycles. The summed E-state index contributed by atoms with van der Waals surface area (Å²) in [5.41, 5.74) is 6.57. The smallest absolute Gasteiger partial charge is 0.475 e. The van der Waals surface area contributed by atoms with Crippen molar-refractivity contribution in [3.63, 3.8) is 0 Å². The summed E-state index contributed by atoms with van der Waals surface area (Å²) in [5.74, 6) is -3.42. The van der Waals surface area contributed by atoms with Crippen LogP contribution in [-0.2, 0) is 30.8 Å². The van der Waals surface area contributed by atoms with Crippen LogP contribution in [0, 0.1) is 0 Å². The molecule has 5 N–H and O–H groups in total. The summed E-state index contributed by atoms with van der Waals surface area (Å²) in [4.78, 5) is 37.9. The largest absolute Gasteiger partial charge is 0.490 e. The van der Waals surface area contributed by atoms with Crippen LogP contribution in [0.15, 0.2) is 60.2 Å². The molecule has 15 heteroatoms. The third-order valence-electron chi connectivity index (χ3n) is 8.54. The number of carbonyl (C=O) groups is 3. The molecular formula is C34H44ClF3N4O6S.